The van der Waals surface area contributed by atoms with Crippen LogP contribution in [-0.2, 0) is 11.2 Å². The van der Waals surface area contributed by atoms with Gasteiger partial charge in [-0.3, -0.25) is 4.79 Å². The van der Waals surface area contributed by atoms with E-state index in [0.29, 0.717) is 5.84 Å². The van der Waals surface area contributed by atoms with E-state index in [4.69, 9.17) is 10.7 Å². The molecule has 0 bridgehead atoms. The molecule has 1 aliphatic rings. The number of dihydropyridines is 1. The standard InChI is InChI=1S/C32H47N7O/c1-38(2)22-8-20-34-28-16-18-29(19-17-28)36-32-26(24-30(40)31(33)37-32)11-7-6-10-25-12-14-27(15-13-25)35-21-9-23-39(3,4)5/h12-19,24,35H,6-11,20-23H2,1-5H3,(H2-,33,34,36,37,40)/p+2. The van der Waals surface area contributed by atoms with Crippen LogP contribution in [0, 0.1) is 0 Å². The van der Waals surface area contributed by atoms with Crippen LogP contribution >= 0.6 is 0 Å². The lowest BCUT2D eigenvalue weighted by Crippen LogP contribution is -3.05. The molecule has 0 aromatic heterocycles. The van der Waals surface area contributed by atoms with Gasteiger partial charge in [0.2, 0.25) is 5.78 Å². The Morgan fingerprint density at radius 3 is 2.08 bits per heavy atom. The molecule has 8 nitrogen and oxygen atoms in total. The molecule has 5 N–H and O–H groups in total. The maximum Gasteiger partial charge on any atom is 0.220 e. The summed E-state index contributed by atoms with van der Waals surface area (Å²) in [5.41, 5.74) is 11.1. The van der Waals surface area contributed by atoms with E-state index in [2.05, 4.69) is 75.1 Å². The summed E-state index contributed by atoms with van der Waals surface area (Å²) in [6.07, 6.45) is 7.54. The first-order valence-corrected chi connectivity index (χ1v) is 14.5. The minimum atomic E-state index is -0.238. The Bertz CT molecular complexity index is 1170. The van der Waals surface area contributed by atoms with E-state index in [0.717, 1.165) is 86.1 Å². The van der Waals surface area contributed by atoms with Crippen molar-refractivity contribution >= 4 is 34.5 Å². The summed E-state index contributed by atoms with van der Waals surface area (Å²) in [6.45, 7) is 4.21. The predicted octanol–water partition coefficient (Wildman–Crippen LogP) is 3.45. The number of carbonyl (C=O) groups excluding carboxylic acids is 1. The van der Waals surface area contributed by atoms with Crippen LogP contribution in [0.3, 0.4) is 0 Å². The lowest BCUT2D eigenvalue weighted by Gasteiger charge is -2.23. The van der Waals surface area contributed by atoms with Gasteiger partial charge in [0.05, 0.1) is 54.0 Å². The highest BCUT2D eigenvalue weighted by atomic mass is 16.1. The van der Waals surface area contributed by atoms with Crippen LogP contribution in [0.5, 0.6) is 0 Å². The number of aliphatic imine (C=N–C) groups is 2. The van der Waals surface area contributed by atoms with Gasteiger partial charge >= 0.3 is 0 Å². The second-order valence-corrected chi connectivity index (χ2v) is 11.9. The van der Waals surface area contributed by atoms with Crippen LogP contribution in [-0.4, -0.2) is 83.4 Å². The van der Waals surface area contributed by atoms with Gasteiger partial charge < -0.3 is 25.8 Å². The molecule has 216 valence electrons. The third-order valence-corrected chi connectivity index (χ3v) is 6.81. The quantitative estimate of drug-likeness (QED) is 0.191. The Hall–Kier alpha value is -3.49. The zero-order chi connectivity index (χ0) is 29.0. The van der Waals surface area contributed by atoms with Crippen LogP contribution in [0.4, 0.5) is 17.1 Å². The Labute approximate surface area is 240 Å². The van der Waals surface area contributed by atoms with Crippen molar-refractivity contribution < 1.29 is 14.2 Å². The molecule has 1 aliphatic heterocycles. The van der Waals surface area contributed by atoms with Gasteiger partial charge in [0.15, 0.2) is 11.7 Å². The van der Waals surface area contributed by atoms with Gasteiger partial charge in [-0.05, 0) is 73.7 Å². The zero-order valence-electron chi connectivity index (χ0n) is 25.1. The van der Waals surface area contributed by atoms with E-state index < -0.39 is 0 Å². The van der Waals surface area contributed by atoms with E-state index in [1.54, 1.807) is 6.08 Å². The molecule has 0 spiro atoms. The molecule has 8 heteroatoms. The molecule has 0 aliphatic carbocycles. The van der Waals surface area contributed by atoms with Crippen LogP contribution in [0.15, 0.2) is 70.2 Å². The van der Waals surface area contributed by atoms with Gasteiger partial charge in [0, 0.05) is 42.9 Å². The molecule has 2 aromatic rings. The topological polar surface area (TPSA) is 96.3 Å². The van der Waals surface area contributed by atoms with E-state index in [-0.39, 0.29) is 11.6 Å². The molecule has 0 saturated heterocycles. The first-order chi connectivity index (χ1) is 19.1. The van der Waals surface area contributed by atoms with Crippen molar-refractivity contribution in [2.24, 2.45) is 15.7 Å². The number of anilines is 2. The highest BCUT2D eigenvalue weighted by molar-refractivity contribution is 6.47. The predicted molar refractivity (Wildman–Crippen MR) is 169 cm³/mol. The molecule has 0 amide bonds. The fourth-order valence-corrected chi connectivity index (χ4v) is 4.49. The Kier molecular flexibility index (Phi) is 11.9. The van der Waals surface area contributed by atoms with Gasteiger partial charge in [-0.1, -0.05) is 12.1 Å². The summed E-state index contributed by atoms with van der Waals surface area (Å²) in [5.74, 6) is 0.292. The van der Waals surface area contributed by atoms with Crippen LogP contribution < -0.4 is 21.3 Å². The van der Waals surface area contributed by atoms with Crippen molar-refractivity contribution in [3.63, 3.8) is 0 Å². The molecule has 40 heavy (non-hydrogen) atoms. The van der Waals surface area contributed by atoms with Gasteiger partial charge in [-0.2, -0.15) is 0 Å². The summed E-state index contributed by atoms with van der Waals surface area (Å²) >= 11 is 0. The van der Waals surface area contributed by atoms with Crippen LogP contribution in [0.25, 0.3) is 0 Å². The first kappa shape index (κ1) is 31.0. The highest BCUT2D eigenvalue weighted by Gasteiger charge is 2.18. The molecule has 0 saturated carbocycles. The molecular weight excluding hydrogens is 498 g/mol. The van der Waals surface area contributed by atoms with Gasteiger partial charge in [0.25, 0.3) is 0 Å². The number of quaternary nitrogens is 2. The van der Waals surface area contributed by atoms with Crippen LogP contribution in [0.1, 0.15) is 37.7 Å². The van der Waals surface area contributed by atoms with Gasteiger partial charge in [-0.25, -0.2) is 9.98 Å². The molecule has 0 radical (unpaired) electrons. The number of rotatable bonds is 16. The maximum absolute atomic E-state index is 12.2. The minimum Gasteiger partial charge on any atom is -0.385 e. The number of unbranched alkanes of at least 4 members (excludes halogenated alkanes) is 1. The van der Waals surface area contributed by atoms with Crippen molar-refractivity contribution in [2.45, 2.75) is 38.5 Å². The zero-order valence-corrected chi connectivity index (χ0v) is 25.1. The third kappa shape index (κ3) is 11.3. The smallest absolute Gasteiger partial charge is 0.220 e. The Morgan fingerprint density at radius 2 is 1.45 bits per heavy atom. The van der Waals surface area contributed by atoms with Crippen molar-refractivity contribution in [3.8, 4) is 0 Å². The van der Waals surface area contributed by atoms with E-state index in [1.807, 2.05) is 24.3 Å². The fourth-order valence-electron chi connectivity index (χ4n) is 4.49. The largest absolute Gasteiger partial charge is 0.385 e. The number of ketones is 1. The molecule has 0 atom stereocenters. The lowest BCUT2D eigenvalue weighted by atomic mass is 10.0. The summed E-state index contributed by atoms with van der Waals surface area (Å²) in [7, 11) is 11.0. The summed E-state index contributed by atoms with van der Waals surface area (Å²) in [5, 5.41) is 6.97. The summed E-state index contributed by atoms with van der Waals surface area (Å²) in [4.78, 5) is 22.7. The summed E-state index contributed by atoms with van der Waals surface area (Å²) in [6, 6.07) is 16.7. The van der Waals surface area contributed by atoms with Crippen molar-refractivity contribution in [3.05, 3.63) is 65.7 Å². The first-order valence-electron chi connectivity index (χ1n) is 14.5. The normalized spacial score (nSPS) is 14.8. The number of nitrogens with zero attached hydrogens (tertiary/aromatic N) is 3. The van der Waals surface area contributed by atoms with E-state index >= 15 is 0 Å². The monoisotopic (exact) mass is 547 g/mol. The van der Waals surface area contributed by atoms with Crippen molar-refractivity contribution in [1.82, 2.24) is 0 Å². The van der Waals surface area contributed by atoms with E-state index in [9.17, 15) is 4.79 Å². The molecular formula is C32H49N7O+2. The molecule has 1 heterocycles. The molecule has 0 fully saturated rings. The number of benzene rings is 2. The Morgan fingerprint density at radius 1 is 0.850 bits per heavy atom. The fraction of sp³-hybridized carbons (Fsp3) is 0.469. The molecule has 0 unspecified atom stereocenters. The van der Waals surface area contributed by atoms with Crippen molar-refractivity contribution in [1.29, 1.82) is 0 Å². The van der Waals surface area contributed by atoms with E-state index in [1.165, 1.54) is 16.2 Å². The number of carbonyl (C=O) groups is 1. The van der Waals surface area contributed by atoms with Gasteiger partial charge in [0.1, 0.15) is 0 Å². The molecule has 3 rings (SSSR count). The lowest BCUT2D eigenvalue weighted by molar-refractivity contribution is -0.870. The number of hydrogen-bond donors (Lipinski definition) is 4. The van der Waals surface area contributed by atoms with Crippen LogP contribution in [0.2, 0.25) is 0 Å². The number of aryl methyl sites for hydroxylation is 1. The number of nitrogens with one attached hydrogen (secondary N) is 3. The van der Waals surface area contributed by atoms with Gasteiger partial charge in [-0.15, -0.1) is 0 Å². The Balaban J connectivity index is 1.48. The number of hydrogen-bond acceptors (Lipinski definition) is 5. The second kappa shape index (κ2) is 15.3. The maximum atomic E-state index is 12.2. The third-order valence-electron chi connectivity index (χ3n) is 6.81. The minimum absolute atomic E-state index is 0.00465. The second-order valence-electron chi connectivity index (χ2n) is 11.9. The molecule has 2 aromatic carbocycles. The highest BCUT2D eigenvalue weighted by Crippen LogP contribution is 2.22. The number of nitrogens with two attached hydrogens (primary N) is 1. The number of amidine groups is 2. The average Bonchev–Trinajstić information content (AvgIpc) is 2.90. The van der Waals surface area contributed by atoms with Crippen molar-refractivity contribution in [2.75, 3.05) is 72.1 Å². The summed E-state index contributed by atoms with van der Waals surface area (Å²) < 4.78 is 0.988. The average molecular weight is 548 g/mol. The SMILES string of the molecule is C[NH+](C)CCCNc1ccc(N=C2N=C(N)C(=O)C=C2CCCCc2ccc(NCCC[N+](C)(C)C)cc2)cc1.